The van der Waals surface area contributed by atoms with Crippen LogP contribution < -0.4 is 15.2 Å². The van der Waals surface area contributed by atoms with Crippen LogP contribution in [0.15, 0.2) is 23.1 Å². The average Bonchev–Trinajstić information content (AvgIpc) is 3.02. The van der Waals surface area contributed by atoms with E-state index in [0.717, 1.165) is 19.0 Å². The number of likely N-dealkylation sites (tertiary alicyclic amines) is 1. The SMILES string of the molecule is CCN1CC2CCCCC2C1CNC(=O)c1cc(S(N)(=O)=O)ccc1OC.Cl. The van der Waals surface area contributed by atoms with Crippen molar-refractivity contribution in [2.75, 3.05) is 26.7 Å². The Morgan fingerprint density at radius 2 is 2.04 bits per heavy atom. The van der Waals surface area contributed by atoms with Crippen LogP contribution in [0.4, 0.5) is 0 Å². The van der Waals surface area contributed by atoms with Gasteiger partial charge in [-0.3, -0.25) is 9.69 Å². The molecular weight excluding hydrogens is 402 g/mol. The first kappa shape index (κ1) is 22.9. The molecule has 9 heteroatoms. The molecule has 1 saturated carbocycles. The van der Waals surface area contributed by atoms with Crippen molar-refractivity contribution in [1.29, 1.82) is 0 Å². The van der Waals surface area contributed by atoms with Gasteiger partial charge in [0.1, 0.15) is 5.75 Å². The number of nitrogens with zero attached hydrogens (tertiary/aromatic N) is 1. The molecule has 0 radical (unpaired) electrons. The lowest BCUT2D eigenvalue weighted by Gasteiger charge is -2.30. The molecule has 1 saturated heterocycles. The van der Waals surface area contributed by atoms with Crippen LogP contribution >= 0.6 is 12.4 Å². The number of hydrogen-bond acceptors (Lipinski definition) is 5. The summed E-state index contributed by atoms with van der Waals surface area (Å²) in [4.78, 5) is 15.1. The summed E-state index contributed by atoms with van der Waals surface area (Å²) in [5.41, 5.74) is 0.185. The van der Waals surface area contributed by atoms with Gasteiger partial charge in [0, 0.05) is 19.1 Å². The third-order valence-electron chi connectivity index (χ3n) is 6.02. The molecule has 1 aromatic rings. The maximum absolute atomic E-state index is 12.8. The summed E-state index contributed by atoms with van der Waals surface area (Å²) >= 11 is 0. The van der Waals surface area contributed by atoms with Gasteiger partial charge < -0.3 is 10.1 Å². The number of primary sulfonamides is 1. The molecule has 3 rings (SSSR count). The quantitative estimate of drug-likeness (QED) is 0.717. The summed E-state index contributed by atoms with van der Waals surface area (Å²) in [6, 6.07) is 4.41. The lowest BCUT2D eigenvalue weighted by atomic mass is 9.78. The number of carbonyl (C=O) groups excluding carboxylic acids is 1. The van der Waals surface area contributed by atoms with Gasteiger partial charge in [-0.1, -0.05) is 19.8 Å². The second-order valence-electron chi connectivity index (χ2n) is 7.48. The molecule has 0 aromatic heterocycles. The maximum atomic E-state index is 12.8. The second-order valence-corrected chi connectivity index (χ2v) is 9.04. The fourth-order valence-corrected chi connectivity index (χ4v) is 5.19. The Balaban J connectivity index is 0.00000280. The topological polar surface area (TPSA) is 102 Å². The molecule has 1 aliphatic heterocycles. The molecule has 3 unspecified atom stereocenters. The molecular formula is C19H30ClN3O4S. The van der Waals surface area contributed by atoms with Gasteiger partial charge in [0.05, 0.1) is 17.6 Å². The summed E-state index contributed by atoms with van der Waals surface area (Å²) < 4.78 is 28.5. The first-order valence-corrected chi connectivity index (χ1v) is 11.1. The van der Waals surface area contributed by atoms with E-state index in [1.807, 2.05) is 0 Å². The van der Waals surface area contributed by atoms with Crippen LogP contribution in [0.2, 0.25) is 0 Å². The Bertz CT molecular complexity index is 802. The third-order valence-corrected chi connectivity index (χ3v) is 6.93. The van der Waals surface area contributed by atoms with E-state index in [-0.39, 0.29) is 28.8 Å². The summed E-state index contributed by atoms with van der Waals surface area (Å²) in [6.45, 7) is 4.78. The van der Waals surface area contributed by atoms with Crippen LogP contribution in [0.5, 0.6) is 5.75 Å². The molecule has 1 heterocycles. The number of likely N-dealkylation sites (N-methyl/N-ethyl adjacent to an activating group) is 1. The van der Waals surface area contributed by atoms with Crippen molar-refractivity contribution in [2.24, 2.45) is 17.0 Å². The molecule has 2 aliphatic rings. The third kappa shape index (κ3) is 4.79. The predicted molar refractivity (Wildman–Crippen MR) is 110 cm³/mol. The fraction of sp³-hybridized carbons (Fsp3) is 0.632. The summed E-state index contributed by atoms with van der Waals surface area (Å²) in [5, 5.41) is 8.19. The van der Waals surface area contributed by atoms with E-state index in [1.165, 1.54) is 51.0 Å². The normalized spacial score (nSPS) is 24.9. The van der Waals surface area contributed by atoms with Gasteiger partial charge >= 0.3 is 0 Å². The number of fused-ring (bicyclic) bond motifs is 1. The first-order valence-electron chi connectivity index (χ1n) is 9.58. The van der Waals surface area contributed by atoms with E-state index in [9.17, 15) is 13.2 Å². The van der Waals surface area contributed by atoms with Crippen molar-refractivity contribution in [2.45, 2.75) is 43.5 Å². The summed E-state index contributed by atoms with van der Waals surface area (Å²) in [5.74, 6) is 1.33. The number of amides is 1. The van der Waals surface area contributed by atoms with E-state index < -0.39 is 10.0 Å². The second kappa shape index (κ2) is 9.43. The zero-order valence-corrected chi connectivity index (χ0v) is 18.0. The smallest absolute Gasteiger partial charge is 0.255 e. The zero-order chi connectivity index (χ0) is 19.6. The van der Waals surface area contributed by atoms with Gasteiger partial charge in [-0.05, 0) is 49.4 Å². The van der Waals surface area contributed by atoms with Gasteiger partial charge in [0.15, 0.2) is 0 Å². The van der Waals surface area contributed by atoms with Crippen LogP contribution in [-0.4, -0.2) is 52.0 Å². The molecule has 0 bridgehead atoms. The molecule has 3 N–H and O–H groups in total. The van der Waals surface area contributed by atoms with Crippen LogP contribution in [-0.2, 0) is 10.0 Å². The first-order chi connectivity index (χ1) is 12.8. The minimum Gasteiger partial charge on any atom is -0.496 e. The maximum Gasteiger partial charge on any atom is 0.255 e. The number of nitrogens with one attached hydrogen (secondary N) is 1. The van der Waals surface area contributed by atoms with Crippen molar-refractivity contribution in [3.05, 3.63) is 23.8 Å². The van der Waals surface area contributed by atoms with Crippen LogP contribution in [0.3, 0.4) is 0 Å². The number of sulfonamides is 1. The summed E-state index contributed by atoms with van der Waals surface area (Å²) in [7, 11) is -2.44. The van der Waals surface area contributed by atoms with Crippen LogP contribution in [0.1, 0.15) is 43.0 Å². The van der Waals surface area contributed by atoms with Gasteiger partial charge in [0.25, 0.3) is 5.91 Å². The standard InChI is InChI=1S/C19H29N3O4S.ClH/c1-3-22-12-13-6-4-5-7-15(13)17(22)11-21-19(23)16-10-14(27(20,24)25)8-9-18(16)26-2;/h8-10,13,15,17H,3-7,11-12H2,1-2H3,(H,21,23)(H2,20,24,25);1H. The molecule has 3 atom stereocenters. The molecule has 7 nitrogen and oxygen atoms in total. The molecule has 0 spiro atoms. The highest BCUT2D eigenvalue weighted by molar-refractivity contribution is 7.89. The van der Waals surface area contributed by atoms with E-state index >= 15 is 0 Å². The van der Waals surface area contributed by atoms with Crippen molar-refractivity contribution < 1.29 is 17.9 Å². The minimum absolute atomic E-state index is 0. The van der Waals surface area contributed by atoms with Gasteiger partial charge in [-0.2, -0.15) is 0 Å². The molecule has 158 valence electrons. The number of halogens is 1. The van der Waals surface area contributed by atoms with Crippen LogP contribution in [0, 0.1) is 11.8 Å². The molecule has 28 heavy (non-hydrogen) atoms. The van der Waals surface area contributed by atoms with Crippen molar-refractivity contribution in [1.82, 2.24) is 10.2 Å². The Morgan fingerprint density at radius 1 is 1.32 bits per heavy atom. The molecule has 2 fully saturated rings. The molecule has 1 aliphatic carbocycles. The van der Waals surface area contributed by atoms with Crippen molar-refractivity contribution in [3.63, 3.8) is 0 Å². The Hall–Kier alpha value is -1.35. The van der Waals surface area contributed by atoms with Gasteiger partial charge in [0.2, 0.25) is 10.0 Å². The van der Waals surface area contributed by atoms with Crippen molar-refractivity contribution >= 4 is 28.3 Å². The highest BCUT2D eigenvalue weighted by atomic mass is 35.5. The Labute approximate surface area is 173 Å². The molecule has 1 amide bonds. The fourth-order valence-electron chi connectivity index (χ4n) is 4.66. The Morgan fingerprint density at radius 3 is 2.68 bits per heavy atom. The van der Waals surface area contributed by atoms with E-state index in [1.54, 1.807) is 0 Å². The number of methoxy groups -OCH3 is 1. The van der Waals surface area contributed by atoms with E-state index in [2.05, 4.69) is 17.1 Å². The number of hydrogen-bond donors (Lipinski definition) is 2. The largest absolute Gasteiger partial charge is 0.496 e. The lowest BCUT2D eigenvalue weighted by Crippen LogP contribution is -2.43. The van der Waals surface area contributed by atoms with Gasteiger partial charge in [-0.15, -0.1) is 12.4 Å². The summed E-state index contributed by atoms with van der Waals surface area (Å²) in [6.07, 6.45) is 5.05. The monoisotopic (exact) mass is 431 g/mol. The van der Waals surface area contributed by atoms with E-state index in [4.69, 9.17) is 9.88 Å². The predicted octanol–water partition coefficient (Wildman–Crippen LogP) is 2.00. The number of carbonyl (C=O) groups is 1. The highest BCUT2D eigenvalue weighted by Crippen LogP contribution is 2.40. The van der Waals surface area contributed by atoms with Crippen molar-refractivity contribution in [3.8, 4) is 5.75 Å². The number of benzene rings is 1. The highest BCUT2D eigenvalue weighted by Gasteiger charge is 2.41. The number of ether oxygens (including phenoxy) is 1. The Kier molecular flexibility index (Phi) is 7.73. The number of rotatable bonds is 6. The van der Waals surface area contributed by atoms with Crippen LogP contribution in [0.25, 0.3) is 0 Å². The lowest BCUT2D eigenvalue weighted by molar-refractivity contribution is 0.0930. The number of nitrogens with two attached hydrogens (primary N) is 1. The van der Waals surface area contributed by atoms with E-state index in [0.29, 0.717) is 24.3 Å². The minimum atomic E-state index is -3.89. The molecule has 1 aromatic carbocycles. The average molecular weight is 432 g/mol. The van der Waals surface area contributed by atoms with Gasteiger partial charge in [-0.25, -0.2) is 13.6 Å². The zero-order valence-electron chi connectivity index (χ0n) is 16.4.